The minimum absolute atomic E-state index is 0.0333. The summed E-state index contributed by atoms with van der Waals surface area (Å²) < 4.78 is 39.9. The van der Waals surface area contributed by atoms with Crippen LogP contribution in [0.25, 0.3) is 10.9 Å². The molecule has 130 valence electrons. The van der Waals surface area contributed by atoms with Crippen LogP contribution in [0.1, 0.15) is 31.7 Å². The standard InChI is InChI=1S/C17H19F3N2O2/c1-10-3-2-4-12(9-23)22(10)11-5-6-15-13(7-11)14(17(18,19)20)8-16(24)21-15/h5-8,10,12,23H,2-4,9H2,1H3,(H,21,24). The summed E-state index contributed by atoms with van der Waals surface area (Å²) in [6.07, 6.45) is -1.89. The number of nitrogens with one attached hydrogen (secondary N) is 1. The lowest BCUT2D eigenvalue weighted by molar-refractivity contribution is -0.136. The summed E-state index contributed by atoms with van der Waals surface area (Å²) in [5.74, 6) is 0. The SMILES string of the molecule is CC1CCCC(CO)N1c1ccc2[nH]c(=O)cc(C(F)(F)F)c2c1. The molecule has 2 unspecified atom stereocenters. The maximum Gasteiger partial charge on any atom is 0.417 e. The van der Waals surface area contributed by atoms with Crippen LogP contribution in [0, 0.1) is 0 Å². The van der Waals surface area contributed by atoms with Crippen molar-refractivity contribution in [2.24, 2.45) is 0 Å². The predicted molar refractivity (Wildman–Crippen MR) is 86.2 cm³/mol. The van der Waals surface area contributed by atoms with Crippen molar-refractivity contribution in [1.29, 1.82) is 0 Å². The van der Waals surface area contributed by atoms with Gasteiger partial charge in [-0.1, -0.05) is 0 Å². The third-order valence-corrected chi connectivity index (χ3v) is 4.67. The van der Waals surface area contributed by atoms with Gasteiger partial charge in [0.2, 0.25) is 5.56 Å². The first-order chi connectivity index (χ1) is 11.3. The number of anilines is 1. The average molecular weight is 340 g/mol. The van der Waals surface area contributed by atoms with Crippen LogP contribution in [0.15, 0.2) is 29.1 Å². The summed E-state index contributed by atoms with van der Waals surface area (Å²) in [4.78, 5) is 15.9. The first-order valence-corrected chi connectivity index (χ1v) is 7.94. The smallest absolute Gasteiger partial charge is 0.394 e. The highest BCUT2D eigenvalue weighted by molar-refractivity contribution is 5.86. The van der Waals surface area contributed by atoms with Crippen LogP contribution in [0.2, 0.25) is 0 Å². The maximum atomic E-state index is 13.3. The summed E-state index contributed by atoms with van der Waals surface area (Å²) in [7, 11) is 0. The number of aliphatic hydroxyl groups excluding tert-OH is 1. The molecule has 0 amide bonds. The molecular weight excluding hydrogens is 321 g/mol. The molecule has 1 aromatic heterocycles. The van der Waals surface area contributed by atoms with E-state index in [2.05, 4.69) is 4.98 Å². The molecule has 3 rings (SSSR count). The van der Waals surface area contributed by atoms with E-state index < -0.39 is 17.3 Å². The molecule has 7 heteroatoms. The van der Waals surface area contributed by atoms with Crippen molar-refractivity contribution < 1.29 is 18.3 Å². The fourth-order valence-electron chi connectivity index (χ4n) is 3.57. The van der Waals surface area contributed by atoms with E-state index in [0.717, 1.165) is 19.3 Å². The number of halogens is 3. The molecule has 1 fully saturated rings. The van der Waals surface area contributed by atoms with Gasteiger partial charge < -0.3 is 15.0 Å². The number of aromatic nitrogens is 1. The Kier molecular flexibility index (Phi) is 4.29. The Bertz CT molecular complexity index is 801. The number of pyridine rings is 1. The van der Waals surface area contributed by atoms with Crippen LogP contribution in [0.5, 0.6) is 0 Å². The number of H-pyrrole nitrogens is 1. The lowest BCUT2D eigenvalue weighted by Gasteiger charge is -2.42. The van der Waals surface area contributed by atoms with E-state index in [-0.39, 0.29) is 29.6 Å². The molecule has 1 aliphatic heterocycles. The molecule has 1 saturated heterocycles. The Hall–Kier alpha value is -2.02. The predicted octanol–water partition coefficient (Wildman–Crippen LogP) is 3.29. The van der Waals surface area contributed by atoms with Crippen molar-refractivity contribution in [2.75, 3.05) is 11.5 Å². The monoisotopic (exact) mass is 340 g/mol. The highest BCUT2D eigenvalue weighted by Gasteiger charge is 2.34. The zero-order valence-corrected chi connectivity index (χ0v) is 13.2. The van der Waals surface area contributed by atoms with Crippen molar-refractivity contribution >= 4 is 16.6 Å². The van der Waals surface area contributed by atoms with Crippen LogP contribution in [-0.2, 0) is 6.18 Å². The third kappa shape index (κ3) is 3.00. The van der Waals surface area contributed by atoms with Gasteiger partial charge in [-0.3, -0.25) is 4.79 Å². The van der Waals surface area contributed by atoms with E-state index in [4.69, 9.17) is 0 Å². The van der Waals surface area contributed by atoms with E-state index >= 15 is 0 Å². The average Bonchev–Trinajstić information content (AvgIpc) is 2.52. The first kappa shape index (κ1) is 16.8. The molecule has 0 bridgehead atoms. The number of nitrogens with zero attached hydrogens (tertiary/aromatic N) is 1. The van der Waals surface area contributed by atoms with Crippen LogP contribution in [-0.4, -0.2) is 28.8 Å². The quantitative estimate of drug-likeness (QED) is 0.882. The van der Waals surface area contributed by atoms with Crippen LogP contribution in [0.4, 0.5) is 18.9 Å². The van der Waals surface area contributed by atoms with Gasteiger partial charge in [0.25, 0.3) is 0 Å². The van der Waals surface area contributed by atoms with Gasteiger partial charge >= 0.3 is 6.18 Å². The number of alkyl halides is 3. The molecule has 2 heterocycles. The number of hydrogen-bond acceptors (Lipinski definition) is 3. The molecule has 2 N–H and O–H groups in total. The molecule has 1 aromatic carbocycles. The Morgan fingerprint density at radius 1 is 1.29 bits per heavy atom. The Labute approximate surface area is 136 Å². The molecule has 0 aliphatic carbocycles. The second-order valence-electron chi connectivity index (χ2n) is 6.30. The first-order valence-electron chi connectivity index (χ1n) is 7.94. The minimum Gasteiger partial charge on any atom is -0.394 e. The summed E-state index contributed by atoms with van der Waals surface area (Å²) in [6.45, 7) is 1.96. The van der Waals surface area contributed by atoms with Crippen molar-refractivity contribution in [3.63, 3.8) is 0 Å². The fraction of sp³-hybridized carbons (Fsp3) is 0.471. The zero-order valence-electron chi connectivity index (χ0n) is 13.2. The zero-order chi connectivity index (χ0) is 17.5. The van der Waals surface area contributed by atoms with Crippen molar-refractivity contribution in [2.45, 2.75) is 44.4 Å². The van der Waals surface area contributed by atoms with Gasteiger partial charge in [0.05, 0.1) is 18.2 Å². The molecule has 0 saturated carbocycles. The minimum atomic E-state index is -4.60. The molecule has 2 atom stereocenters. The highest BCUT2D eigenvalue weighted by atomic mass is 19.4. The van der Waals surface area contributed by atoms with E-state index in [1.807, 2.05) is 11.8 Å². The summed E-state index contributed by atoms with van der Waals surface area (Å²) in [5.41, 5.74) is -0.925. The lowest BCUT2D eigenvalue weighted by Crippen LogP contribution is -2.47. The van der Waals surface area contributed by atoms with Gasteiger partial charge in [0.15, 0.2) is 0 Å². The molecule has 4 nitrogen and oxygen atoms in total. The van der Waals surface area contributed by atoms with Gasteiger partial charge in [-0.2, -0.15) is 13.2 Å². The van der Waals surface area contributed by atoms with Gasteiger partial charge in [-0.25, -0.2) is 0 Å². The van der Waals surface area contributed by atoms with Gasteiger partial charge in [-0.15, -0.1) is 0 Å². The molecular formula is C17H19F3N2O2. The molecule has 24 heavy (non-hydrogen) atoms. The van der Waals surface area contributed by atoms with Crippen LogP contribution < -0.4 is 10.5 Å². The Morgan fingerprint density at radius 2 is 2.04 bits per heavy atom. The Balaban J connectivity index is 2.17. The lowest BCUT2D eigenvalue weighted by atomic mass is 9.95. The normalized spacial score (nSPS) is 22.1. The number of piperidine rings is 1. The van der Waals surface area contributed by atoms with Gasteiger partial charge in [0, 0.05) is 28.7 Å². The third-order valence-electron chi connectivity index (χ3n) is 4.67. The van der Waals surface area contributed by atoms with Crippen molar-refractivity contribution in [3.8, 4) is 0 Å². The second-order valence-corrected chi connectivity index (χ2v) is 6.30. The number of fused-ring (bicyclic) bond motifs is 1. The number of hydrogen-bond donors (Lipinski definition) is 2. The maximum absolute atomic E-state index is 13.3. The van der Waals surface area contributed by atoms with E-state index in [1.165, 1.54) is 12.1 Å². The van der Waals surface area contributed by atoms with Crippen LogP contribution in [0.3, 0.4) is 0 Å². The number of aromatic amines is 1. The summed E-state index contributed by atoms with van der Waals surface area (Å²) in [5, 5.41) is 9.57. The topological polar surface area (TPSA) is 56.3 Å². The number of aliphatic hydroxyl groups is 1. The summed E-state index contributed by atoms with van der Waals surface area (Å²) >= 11 is 0. The van der Waals surface area contributed by atoms with Crippen molar-refractivity contribution in [1.82, 2.24) is 4.98 Å². The summed E-state index contributed by atoms with van der Waals surface area (Å²) in [6, 6.07) is 5.27. The van der Waals surface area contributed by atoms with Gasteiger partial charge in [0.1, 0.15) is 0 Å². The van der Waals surface area contributed by atoms with E-state index in [0.29, 0.717) is 11.8 Å². The molecule has 0 spiro atoms. The molecule has 0 radical (unpaired) electrons. The fourth-order valence-corrected chi connectivity index (χ4v) is 3.57. The Morgan fingerprint density at radius 3 is 2.71 bits per heavy atom. The largest absolute Gasteiger partial charge is 0.417 e. The van der Waals surface area contributed by atoms with E-state index in [9.17, 15) is 23.1 Å². The molecule has 2 aromatic rings. The highest BCUT2D eigenvalue weighted by Crippen LogP contribution is 2.36. The van der Waals surface area contributed by atoms with Gasteiger partial charge in [-0.05, 0) is 44.4 Å². The van der Waals surface area contributed by atoms with E-state index in [1.54, 1.807) is 6.07 Å². The molecule has 1 aliphatic rings. The number of rotatable bonds is 2. The second kappa shape index (κ2) is 6.12. The number of benzene rings is 1. The van der Waals surface area contributed by atoms with Crippen molar-refractivity contribution in [3.05, 3.63) is 40.2 Å². The van der Waals surface area contributed by atoms with Crippen LogP contribution >= 0.6 is 0 Å².